The zero-order valence-corrected chi connectivity index (χ0v) is 13.2. The SMILES string of the molecule is CC(C)CNCc1ccccc1COc1cncc(Cl)c1. The lowest BCUT2D eigenvalue weighted by atomic mass is 10.1. The highest BCUT2D eigenvalue weighted by atomic mass is 35.5. The maximum absolute atomic E-state index is 5.90. The molecule has 0 saturated heterocycles. The number of ether oxygens (including phenoxy) is 1. The minimum absolute atomic E-state index is 0.515. The van der Waals surface area contributed by atoms with Gasteiger partial charge >= 0.3 is 0 Å². The molecule has 2 aromatic rings. The van der Waals surface area contributed by atoms with Crippen LogP contribution in [0.3, 0.4) is 0 Å². The highest BCUT2D eigenvalue weighted by Gasteiger charge is 2.04. The second-order valence-electron chi connectivity index (χ2n) is 5.42. The fourth-order valence-corrected chi connectivity index (χ4v) is 2.16. The lowest BCUT2D eigenvalue weighted by Crippen LogP contribution is -2.20. The van der Waals surface area contributed by atoms with Gasteiger partial charge in [0.2, 0.25) is 0 Å². The highest BCUT2D eigenvalue weighted by Crippen LogP contribution is 2.18. The third kappa shape index (κ3) is 5.37. The summed E-state index contributed by atoms with van der Waals surface area (Å²) in [5.74, 6) is 1.33. The predicted molar refractivity (Wildman–Crippen MR) is 86.6 cm³/mol. The number of benzene rings is 1. The Morgan fingerprint density at radius 2 is 1.95 bits per heavy atom. The van der Waals surface area contributed by atoms with E-state index in [0.29, 0.717) is 23.3 Å². The number of hydrogen-bond donors (Lipinski definition) is 1. The Kier molecular flexibility index (Phi) is 6.03. The molecule has 0 spiro atoms. The maximum Gasteiger partial charge on any atom is 0.139 e. The van der Waals surface area contributed by atoms with Gasteiger partial charge in [0, 0.05) is 18.8 Å². The van der Waals surface area contributed by atoms with E-state index < -0.39 is 0 Å². The number of aromatic nitrogens is 1. The van der Waals surface area contributed by atoms with Crippen molar-refractivity contribution >= 4 is 11.6 Å². The van der Waals surface area contributed by atoms with Crippen LogP contribution in [0.1, 0.15) is 25.0 Å². The van der Waals surface area contributed by atoms with Crippen molar-refractivity contribution in [2.75, 3.05) is 6.54 Å². The fraction of sp³-hybridized carbons (Fsp3) is 0.353. The van der Waals surface area contributed by atoms with Crippen LogP contribution >= 0.6 is 11.6 Å². The van der Waals surface area contributed by atoms with E-state index in [1.165, 1.54) is 11.1 Å². The first-order valence-corrected chi connectivity index (χ1v) is 7.54. The van der Waals surface area contributed by atoms with Crippen molar-refractivity contribution in [1.82, 2.24) is 10.3 Å². The molecule has 1 heterocycles. The average molecular weight is 305 g/mol. The van der Waals surface area contributed by atoms with Gasteiger partial charge in [0.1, 0.15) is 12.4 Å². The molecule has 3 nitrogen and oxygen atoms in total. The van der Waals surface area contributed by atoms with Crippen molar-refractivity contribution < 1.29 is 4.74 Å². The number of pyridine rings is 1. The van der Waals surface area contributed by atoms with Crippen LogP contribution in [-0.4, -0.2) is 11.5 Å². The number of halogens is 1. The quantitative estimate of drug-likeness (QED) is 0.837. The number of rotatable bonds is 7. The summed E-state index contributed by atoms with van der Waals surface area (Å²) in [5, 5.41) is 4.04. The summed E-state index contributed by atoms with van der Waals surface area (Å²) in [6, 6.07) is 10.1. The van der Waals surface area contributed by atoms with E-state index in [2.05, 4.69) is 42.3 Å². The lowest BCUT2D eigenvalue weighted by Gasteiger charge is -2.13. The Bertz CT molecular complexity index is 572. The fourth-order valence-electron chi connectivity index (χ4n) is 2.00. The zero-order valence-electron chi connectivity index (χ0n) is 12.5. The molecule has 0 atom stereocenters. The second kappa shape index (κ2) is 8.01. The van der Waals surface area contributed by atoms with E-state index in [9.17, 15) is 0 Å². The van der Waals surface area contributed by atoms with Crippen LogP contribution in [-0.2, 0) is 13.2 Å². The van der Waals surface area contributed by atoms with Crippen molar-refractivity contribution in [1.29, 1.82) is 0 Å². The highest BCUT2D eigenvalue weighted by molar-refractivity contribution is 6.30. The van der Waals surface area contributed by atoms with Crippen LogP contribution in [0.5, 0.6) is 5.75 Å². The van der Waals surface area contributed by atoms with Crippen LogP contribution < -0.4 is 10.1 Å². The van der Waals surface area contributed by atoms with Gasteiger partial charge in [0.25, 0.3) is 0 Å². The van der Waals surface area contributed by atoms with Crippen LogP contribution in [0.2, 0.25) is 5.02 Å². The maximum atomic E-state index is 5.90. The van der Waals surface area contributed by atoms with E-state index >= 15 is 0 Å². The summed E-state index contributed by atoms with van der Waals surface area (Å²) < 4.78 is 5.77. The van der Waals surface area contributed by atoms with Gasteiger partial charge in [-0.25, -0.2) is 0 Å². The first-order chi connectivity index (χ1) is 10.1. The van der Waals surface area contributed by atoms with Crippen LogP contribution in [0.25, 0.3) is 0 Å². The van der Waals surface area contributed by atoms with Crippen molar-refractivity contribution in [2.24, 2.45) is 5.92 Å². The number of hydrogen-bond acceptors (Lipinski definition) is 3. The van der Waals surface area contributed by atoms with Gasteiger partial charge in [0.15, 0.2) is 0 Å². The Morgan fingerprint density at radius 3 is 2.67 bits per heavy atom. The normalized spacial score (nSPS) is 10.9. The molecule has 0 saturated carbocycles. The van der Waals surface area contributed by atoms with Gasteiger partial charge in [-0.1, -0.05) is 49.7 Å². The lowest BCUT2D eigenvalue weighted by molar-refractivity contribution is 0.303. The monoisotopic (exact) mass is 304 g/mol. The minimum Gasteiger partial charge on any atom is -0.487 e. The van der Waals surface area contributed by atoms with Crippen LogP contribution in [0, 0.1) is 5.92 Å². The molecule has 0 aliphatic heterocycles. The van der Waals surface area contributed by atoms with Gasteiger partial charge in [-0.2, -0.15) is 0 Å². The summed E-state index contributed by atoms with van der Waals surface area (Å²) in [5.41, 5.74) is 2.43. The standard InChI is InChI=1S/C17H21ClN2O/c1-13(2)8-19-9-14-5-3-4-6-15(14)12-21-17-7-16(18)10-20-11-17/h3-7,10-11,13,19H,8-9,12H2,1-2H3. The molecule has 0 bridgehead atoms. The Hall–Kier alpha value is -1.58. The summed E-state index contributed by atoms with van der Waals surface area (Å²) in [6.07, 6.45) is 3.27. The molecule has 21 heavy (non-hydrogen) atoms. The van der Waals surface area contributed by atoms with Crippen molar-refractivity contribution in [2.45, 2.75) is 27.0 Å². The smallest absolute Gasteiger partial charge is 0.139 e. The molecule has 2 rings (SSSR count). The minimum atomic E-state index is 0.515. The second-order valence-corrected chi connectivity index (χ2v) is 5.86. The van der Waals surface area contributed by atoms with Crippen molar-refractivity contribution in [3.63, 3.8) is 0 Å². The van der Waals surface area contributed by atoms with E-state index in [1.54, 1.807) is 18.5 Å². The summed E-state index contributed by atoms with van der Waals surface area (Å²) in [4.78, 5) is 4.02. The largest absolute Gasteiger partial charge is 0.487 e. The predicted octanol–water partition coefficient (Wildman–Crippen LogP) is 4.06. The van der Waals surface area contributed by atoms with Gasteiger partial charge in [-0.05, 0) is 23.6 Å². The van der Waals surface area contributed by atoms with E-state index in [-0.39, 0.29) is 0 Å². The first kappa shape index (κ1) is 15.8. The molecule has 0 radical (unpaired) electrons. The zero-order chi connectivity index (χ0) is 15.1. The molecule has 4 heteroatoms. The summed E-state index contributed by atoms with van der Waals surface area (Å²) in [6.45, 7) is 6.78. The molecule has 0 aliphatic rings. The molecule has 1 N–H and O–H groups in total. The Balaban J connectivity index is 1.96. The Morgan fingerprint density at radius 1 is 1.19 bits per heavy atom. The summed E-state index contributed by atoms with van der Waals surface area (Å²) in [7, 11) is 0. The number of nitrogens with zero attached hydrogens (tertiary/aromatic N) is 1. The van der Waals surface area contributed by atoms with E-state index in [4.69, 9.17) is 16.3 Å². The molecule has 1 aromatic carbocycles. The molecular weight excluding hydrogens is 284 g/mol. The molecule has 0 aliphatic carbocycles. The van der Waals surface area contributed by atoms with Crippen LogP contribution in [0.4, 0.5) is 0 Å². The van der Waals surface area contributed by atoms with Gasteiger partial charge < -0.3 is 10.1 Å². The van der Waals surface area contributed by atoms with Gasteiger partial charge in [0.05, 0.1) is 11.2 Å². The molecule has 0 amide bonds. The van der Waals surface area contributed by atoms with Gasteiger partial charge in [-0.15, -0.1) is 0 Å². The van der Waals surface area contributed by atoms with Crippen molar-refractivity contribution in [3.05, 3.63) is 58.9 Å². The number of nitrogens with one attached hydrogen (secondary N) is 1. The van der Waals surface area contributed by atoms with Gasteiger partial charge in [-0.3, -0.25) is 4.98 Å². The molecule has 1 aromatic heterocycles. The average Bonchev–Trinajstić information content (AvgIpc) is 2.46. The Labute approximate surface area is 131 Å². The topological polar surface area (TPSA) is 34.1 Å². The molecule has 0 unspecified atom stereocenters. The molecule has 0 fully saturated rings. The third-order valence-corrected chi connectivity index (χ3v) is 3.27. The van der Waals surface area contributed by atoms with Crippen molar-refractivity contribution in [3.8, 4) is 5.75 Å². The third-order valence-electron chi connectivity index (χ3n) is 3.06. The van der Waals surface area contributed by atoms with E-state index in [1.807, 2.05) is 6.07 Å². The van der Waals surface area contributed by atoms with E-state index in [0.717, 1.165) is 13.1 Å². The first-order valence-electron chi connectivity index (χ1n) is 7.16. The van der Waals surface area contributed by atoms with Crippen LogP contribution in [0.15, 0.2) is 42.7 Å². The molecule has 112 valence electrons. The molecular formula is C17H21ClN2O. The summed E-state index contributed by atoms with van der Waals surface area (Å²) >= 11 is 5.90.